The van der Waals surface area contributed by atoms with Gasteiger partial charge in [-0.05, 0) is 31.5 Å². The van der Waals surface area contributed by atoms with Gasteiger partial charge in [0.05, 0.1) is 12.2 Å². The van der Waals surface area contributed by atoms with Gasteiger partial charge >= 0.3 is 11.9 Å². The quantitative estimate of drug-likeness (QED) is 0.464. The van der Waals surface area contributed by atoms with Crippen molar-refractivity contribution >= 4 is 17.7 Å². The van der Waals surface area contributed by atoms with Gasteiger partial charge in [-0.1, -0.05) is 42.5 Å². The Morgan fingerprint density at radius 1 is 0.958 bits per heavy atom. The fourth-order valence-corrected chi connectivity index (χ4v) is 2.17. The van der Waals surface area contributed by atoms with Crippen LogP contribution in [0, 0.1) is 6.92 Å². The summed E-state index contributed by atoms with van der Waals surface area (Å²) in [6.07, 6.45) is -1.63. The van der Waals surface area contributed by atoms with E-state index in [1.54, 1.807) is 68.4 Å². The smallest absolute Gasteiger partial charge is 0.355 e. The fraction of sp³-hybridized carbons (Fsp3) is 0.211. The van der Waals surface area contributed by atoms with Crippen LogP contribution < -0.4 is 0 Å². The van der Waals surface area contributed by atoms with Crippen LogP contribution in [0.25, 0.3) is 0 Å². The molecule has 2 aromatic rings. The van der Waals surface area contributed by atoms with Gasteiger partial charge in [-0.25, -0.2) is 9.59 Å². The minimum Gasteiger partial charge on any atom is -0.463 e. The largest absolute Gasteiger partial charge is 0.463 e. The first kappa shape index (κ1) is 17.4. The van der Waals surface area contributed by atoms with Crippen LogP contribution in [0.3, 0.4) is 0 Å². The van der Waals surface area contributed by atoms with E-state index >= 15 is 0 Å². The van der Waals surface area contributed by atoms with E-state index in [2.05, 4.69) is 0 Å². The standard InChI is InChI=1S/C19H18O5/c1-3-23-19(22)17(16(20)15-12-8-7-9-13(15)2)24-18(21)14-10-5-4-6-11-14/h4-12,17H,3H2,1-2H3. The van der Waals surface area contributed by atoms with Crippen molar-refractivity contribution in [2.24, 2.45) is 0 Å². The van der Waals surface area contributed by atoms with Crippen molar-refractivity contribution in [2.75, 3.05) is 6.61 Å². The number of ketones is 1. The molecule has 0 amide bonds. The number of benzene rings is 2. The first-order valence-electron chi connectivity index (χ1n) is 7.57. The first-order chi connectivity index (χ1) is 11.5. The molecule has 2 rings (SSSR count). The fourth-order valence-electron chi connectivity index (χ4n) is 2.17. The minimum atomic E-state index is -1.63. The summed E-state index contributed by atoms with van der Waals surface area (Å²) in [7, 11) is 0. The third-order valence-corrected chi connectivity index (χ3v) is 3.38. The molecule has 124 valence electrons. The molecular formula is C19H18O5. The summed E-state index contributed by atoms with van der Waals surface area (Å²) in [5.41, 5.74) is 1.26. The van der Waals surface area contributed by atoms with Crippen molar-refractivity contribution in [3.05, 3.63) is 71.3 Å². The number of ether oxygens (including phenoxy) is 2. The van der Waals surface area contributed by atoms with Crippen molar-refractivity contribution in [1.82, 2.24) is 0 Å². The van der Waals surface area contributed by atoms with Crippen LogP contribution in [0.15, 0.2) is 54.6 Å². The zero-order valence-corrected chi connectivity index (χ0v) is 13.5. The van der Waals surface area contributed by atoms with Gasteiger partial charge in [-0.3, -0.25) is 4.79 Å². The summed E-state index contributed by atoms with van der Waals surface area (Å²) in [6, 6.07) is 15.0. The third-order valence-electron chi connectivity index (χ3n) is 3.38. The van der Waals surface area contributed by atoms with Crippen LogP contribution in [0.5, 0.6) is 0 Å². The van der Waals surface area contributed by atoms with Crippen LogP contribution in [0.2, 0.25) is 0 Å². The molecule has 0 bridgehead atoms. The highest BCUT2D eigenvalue weighted by Gasteiger charge is 2.33. The molecule has 0 fully saturated rings. The molecule has 0 saturated heterocycles. The predicted octanol–water partition coefficient (Wildman–Crippen LogP) is 2.97. The zero-order chi connectivity index (χ0) is 17.5. The Morgan fingerprint density at radius 3 is 2.21 bits per heavy atom. The monoisotopic (exact) mass is 326 g/mol. The Labute approximate surface area is 140 Å². The molecule has 1 atom stereocenters. The van der Waals surface area contributed by atoms with Gasteiger partial charge < -0.3 is 9.47 Å². The van der Waals surface area contributed by atoms with E-state index in [9.17, 15) is 14.4 Å². The van der Waals surface area contributed by atoms with E-state index in [0.29, 0.717) is 11.1 Å². The number of hydrogen-bond donors (Lipinski definition) is 0. The molecule has 0 aromatic heterocycles. The second-order valence-corrected chi connectivity index (χ2v) is 5.08. The van der Waals surface area contributed by atoms with Crippen molar-refractivity contribution in [3.8, 4) is 0 Å². The topological polar surface area (TPSA) is 69.7 Å². The number of carbonyl (C=O) groups is 3. The summed E-state index contributed by atoms with van der Waals surface area (Å²) in [5.74, 6) is -2.23. The van der Waals surface area contributed by atoms with Gasteiger partial charge in [0.2, 0.25) is 5.78 Å². The molecule has 0 N–H and O–H groups in total. The maximum Gasteiger partial charge on any atom is 0.355 e. The lowest BCUT2D eigenvalue weighted by Gasteiger charge is -2.16. The summed E-state index contributed by atoms with van der Waals surface area (Å²) in [6.45, 7) is 3.44. The Balaban J connectivity index is 2.28. The Kier molecular flexibility index (Phi) is 5.84. The lowest BCUT2D eigenvalue weighted by atomic mass is 10.0. The normalized spacial score (nSPS) is 11.4. The lowest BCUT2D eigenvalue weighted by molar-refractivity contribution is -0.150. The van der Waals surface area contributed by atoms with Crippen molar-refractivity contribution in [2.45, 2.75) is 20.0 Å². The highest BCUT2D eigenvalue weighted by Crippen LogP contribution is 2.15. The minimum absolute atomic E-state index is 0.0826. The van der Waals surface area contributed by atoms with Gasteiger partial charge in [0.1, 0.15) is 0 Å². The molecule has 24 heavy (non-hydrogen) atoms. The highest BCUT2D eigenvalue weighted by atomic mass is 16.6. The third kappa shape index (κ3) is 4.07. The molecule has 1 unspecified atom stereocenters. The Morgan fingerprint density at radius 2 is 1.58 bits per heavy atom. The molecule has 0 aliphatic heterocycles. The lowest BCUT2D eigenvalue weighted by Crippen LogP contribution is -2.37. The number of hydrogen-bond acceptors (Lipinski definition) is 5. The molecule has 0 heterocycles. The van der Waals surface area contributed by atoms with Crippen LogP contribution >= 0.6 is 0 Å². The number of esters is 2. The van der Waals surface area contributed by atoms with E-state index in [-0.39, 0.29) is 12.2 Å². The van der Waals surface area contributed by atoms with Crippen molar-refractivity contribution < 1.29 is 23.9 Å². The number of Topliss-reactive ketones (excluding diaryl/α,β-unsaturated/α-hetero) is 1. The Hall–Kier alpha value is -2.95. The van der Waals surface area contributed by atoms with Crippen LogP contribution in [0.4, 0.5) is 0 Å². The SMILES string of the molecule is CCOC(=O)C(OC(=O)c1ccccc1)C(=O)c1ccccc1C. The number of aryl methyl sites for hydroxylation is 1. The first-order valence-corrected chi connectivity index (χ1v) is 7.57. The molecule has 0 aliphatic rings. The van der Waals surface area contributed by atoms with E-state index in [4.69, 9.17) is 9.47 Å². The maximum absolute atomic E-state index is 12.7. The van der Waals surface area contributed by atoms with Crippen LogP contribution in [0.1, 0.15) is 33.2 Å². The second kappa shape index (κ2) is 8.06. The second-order valence-electron chi connectivity index (χ2n) is 5.08. The number of carbonyl (C=O) groups excluding carboxylic acids is 3. The molecule has 0 aliphatic carbocycles. The molecule has 5 nitrogen and oxygen atoms in total. The molecule has 0 spiro atoms. The summed E-state index contributed by atoms with van der Waals surface area (Å²) in [5, 5.41) is 0. The highest BCUT2D eigenvalue weighted by molar-refractivity contribution is 6.13. The van der Waals surface area contributed by atoms with E-state index in [1.165, 1.54) is 0 Å². The molecule has 5 heteroatoms. The van der Waals surface area contributed by atoms with E-state index < -0.39 is 23.8 Å². The zero-order valence-electron chi connectivity index (χ0n) is 13.5. The molecule has 2 aromatic carbocycles. The van der Waals surface area contributed by atoms with Gasteiger partial charge in [0.25, 0.3) is 6.10 Å². The van der Waals surface area contributed by atoms with Gasteiger partial charge in [0.15, 0.2) is 0 Å². The summed E-state index contributed by atoms with van der Waals surface area (Å²) in [4.78, 5) is 37.0. The molecule has 0 radical (unpaired) electrons. The average Bonchev–Trinajstić information content (AvgIpc) is 2.60. The summed E-state index contributed by atoms with van der Waals surface area (Å²) < 4.78 is 10.0. The van der Waals surface area contributed by atoms with E-state index in [0.717, 1.165) is 0 Å². The number of rotatable bonds is 6. The predicted molar refractivity (Wildman–Crippen MR) is 87.8 cm³/mol. The van der Waals surface area contributed by atoms with Gasteiger partial charge in [-0.15, -0.1) is 0 Å². The molecular weight excluding hydrogens is 308 g/mol. The van der Waals surface area contributed by atoms with Gasteiger partial charge in [-0.2, -0.15) is 0 Å². The Bertz CT molecular complexity index is 736. The van der Waals surface area contributed by atoms with Gasteiger partial charge in [0, 0.05) is 5.56 Å². The summed E-state index contributed by atoms with van der Waals surface area (Å²) >= 11 is 0. The van der Waals surface area contributed by atoms with Crippen molar-refractivity contribution in [3.63, 3.8) is 0 Å². The van der Waals surface area contributed by atoms with Crippen LogP contribution in [-0.2, 0) is 14.3 Å². The van der Waals surface area contributed by atoms with E-state index in [1.807, 2.05) is 0 Å². The van der Waals surface area contributed by atoms with Crippen LogP contribution in [-0.4, -0.2) is 30.4 Å². The van der Waals surface area contributed by atoms with Crippen molar-refractivity contribution in [1.29, 1.82) is 0 Å². The maximum atomic E-state index is 12.7. The average molecular weight is 326 g/mol. The molecule has 0 saturated carbocycles.